The average molecular weight is 249 g/mol. The number of anilines is 1. The zero-order valence-electron chi connectivity index (χ0n) is 10.3. The Morgan fingerprint density at radius 3 is 2.94 bits per heavy atom. The lowest BCUT2D eigenvalue weighted by molar-refractivity contribution is 0.371. The summed E-state index contributed by atoms with van der Waals surface area (Å²) < 4.78 is 0. The van der Waals surface area contributed by atoms with Crippen LogP contribution in [-0.2, 0) is 0 Å². The molecule has 1 unspecified atom stereocenters. The molecule has 0 amide bonds. The second-order valence-corrected chi connectivity index (χ2v) is 5.57. The molecule has 1 saturated heterocycles. The van der Waals surface area contributed by atoms with Crippen LogP contribution >= 0.6 is 11.6 Å². The smallest absolute Gasteiger partial charge is 0.0625 e. The van der Waals surface area contributed by atoms with Gasteiger partial charge >= 0.3 is 0 Å². The zero-order chi connectivity index (χ0) is 12.5. The van der Waals surface area contributed by atoms with Gasteiger partial charge in [-0.05, 0) is 44.4 Å². The first-order valence-electron chi connectivity index (χ1n) is 5.96. The first kappa shape index (κ1) is 12.3. The van der Waals surface area contributed by atoms with Crippen molar-refractivity contribution in [3.05, 3.63) is 29.3 Å². The van der Waals surface area contributed by atoms with Gasteiger partial charge in [0.15, 0.2) is 0 Å². The molecule has 1 fully saturated rings. The normalized spacial score (nSPS) is 22.5. The van der Waals surface area contributed by atoms with Gasteiger partial charge in [-0.25, -0.2) is 0 Å². The summed E-state index contributed by atoms with van der Waals surface area (Å²) >= 11 is 6.03. The van der Waals surface area contributed by atoms with Crippen LogP contribution in [0, 0.1) is 17.2 Å². The molecule has 0 aromatic heterocycles. The Morgan fingerprint density at radius 1 is 1.53 bits per heavy atom. The standard InChI is InChI=1S/C14H17ClN2/c1-14(2)11(6-8-16)7-9-17(14)13-5-3-4-12(15)10-13/h3-5,10-11H,6-7,9H2,1-2H3. The number of halogens is 1. The molecule has 2 rings (SSSR count). The van der Waals surface area contributed by atoms with E-state index < -0.39 is 0 Å². The van der Waals surface area contributed by atoms with Crippen molar-refractivity contribution in [3.8, 4) is 6.07 Å². The molecule has 3 heteroatoms. The molecule has 0 N–H and O–H groups in total. The molecule has 1 aliphatic rings. The Balaban J connectivity index is 2.27. The number of hydrogen-bond donors (Lipinski definition) is 0. The van der Waals surface area contributed by atoms with E-state index >= 15 is 0 Å². The van der Waals surface area contributed by atoms with E-state index in [1.54, 1.807) is 0 Å². The first-order chi connectivity index (χ1) is 8.05. The van der Waals surface area contributed by atoms with E-state index in [4.69, 9.17) is 16.9 Å². The highest BCUT2D eigenvalue weighted by Crippen LogP contribution is 2.40. The monoisotopic (exact) mass is 248 g/mol. The number of nitrogens with zero attached hydrogens (tertiary/aromatic N) is 2. The second kappa shape index (κ2) is 4.58. The molecular formula is C14H17ClN2. The van der Waals surface area contributed by atoms with Gasteiger partial charge in [0, 0.05) is 29.2 Å². The van der Waals surface area contributed by atoms with E-state index in [1.807, 2.05) is 18.2 Å². The lowest BCUT2D eigenvalue weighted by Crippen LogP contribution is -2.42. The van der Waals surface area contributed by atoms with Crippen molar-refractivity contribution in [1.82, 2.24) is 0 Å². The summed E-state index contributed by atoms with van der Waals surface area (Å²) in [6.07, 6.45) is 1.71. The van der Waals surface area contributed by atoms with E-state index in [2.05, 4.69) is 30.9 Å². The molecule has 1 heterocycles. The lowest BCUT2D eigenvalue weighted by Gasteiger charge is -2.37. The molecule has 1 aromatic rings. The first-order valence-corrected chi connectivity index (χ1v) is 6.33. The van der Waals surface area contributed by atoms with Crippen LogP contribution in [0.15, 0.2) is 24.3 Å². The van der Waals surface area contributed by atoms with Crippen molar-refractivity contribution < 1.29 is 0 Å². The van der Waals surface area contributed by atoms with Crippen LogP contribution in [0.4, 0.5) is 5.69 Å². The van der Waals surface area contributed by atoms with Crippen LogP contribution < -0.4 is 4.90 Å². The summed E-state index contributed by atoms with van der Waals surface area (Å²) in [5.74, 6) is 0.437. The highest BCUT2D eigenvalue weighted by atomic mass is 35.5. The van der Waals surface area contributed by atoms with Crippen molar-refractivity contribution in [1.29, 1.82) is 5.26 Å². The van der Waals surface area contributed by atoms with Gasteiger partial charge in [0.05, 0.1) is 6.07 Å². The number of hydrogen-bond acceptors (Lipinski definition) is 2. The van der Waals surface area contributed by atoms with Gasteiger partial charge in [-0.1, -0.05) is 17.7 Å². The van der Waals surface area contributed by atoms with Crippen LogP contribution in [0.2, 0.25) is 5.02 Å². The Labute approximate surface area is 108 Å². The minimum Gasteiger partial charge on any atom is -0.366 e. The fourth-order valence-electron chi connectivity index (χ4n) is 2.71. The molecule has 1 aromatic carbocycles. The van der Waals surface area contributed by atoms with Crippen molar-refractivity contribution in [2.45, 2.75) is 32.2 Å². The predicted octanol–water partition coefficient (Wildman–Crippen LogP) is 3.86. The largest absolute Gasteiger partial charge is 0.366 e. The van der Waals surface area contributed by atoms with Crippen molar-refractivity contribution in [3.63, 3.8) is 0 Å². The van der Waals surface area contributed by atoms with Gasteiger partial charge in [0.2, 0.25) is 0 Å². The molecule has 2 nitrogen and oxygen atoms in total. The third kappa shape index (κ3) is 2.25. The molecule has 0 saturated carbocycles. The van der Waals surface area contributed by atoms with Crippen LogP contribution in [-0.4, -0.2) is 12.1 Å². The van der Waals surface area contributed by atoms with E-state index in [9.17, 15) is 0 Å². The summed E-state index contributed by atoms with van der Waals surface area (Å²) in [5.41, 5.74) is 1.18. The summed E-state index contributed by atoms with van der Waals surface area (Å²) in [6.45, 7) is 5.42. The fraction of sp³-hybridized carbons (Fsp3) is 0.500. The molecular weight excluding hydrogens is 232 g/mol. The van der Waals surface area contributed by atoms with E-state index in [0.717, 1.165) is 23.7 Å². The van der Waals surface area contributed by atoms with Crippen molar-refractivity contribution >= 4 is 17.3 Å². The molecule has 0 radical (unpaired) electrons. The quantitative estimate of drug-likeness (QED) is 0.795. The van der Waals surface area contributed by atoms with Crippen LogP contribution in [0.5, 0.6) is 0 Å². The van der Waals surface area contributed by atoms with Crippen molar-refractivity contribution in [2.24, 2.45) is 5.92 Å². The topological polar surface area (TPSA) is 27.0 Å². The maximum atomic E-state index is 8.87. The fourth-order valence-corrected chi connectivity index (χ4v) is 2.90. The van der Waals surface area contributed by atoms with Gasteiger partial charge in [0.25, 0.3) is 0 Å². The second-order valence-electron chi connectivity index (χ2n) is 5.13. The Hall–Kier alpha value is -1.20. The Kier molecular flexibility index (Phi) is 3.31. The van der Waals surface area contributed by atoms with E-state index in [-0.39, 0.29) is 5.54 Å². The molecule has 0 spiro atoms. The van der Waals surface area contributed by atoms with Gasteiger partial charge in [0.1, 0.15) is 0 Å². The Morgan fingerprint density at radius 2 is 2.29 bits per heavy atom. The van der Waals surface area contributed by atoms with Crippen molar-refractivity contribution in [2.75, 3.05) is 11.4 Å². The SMILES string of the molecule is CC1(C)C(CC#N)CCN1c1cccc(Cl)c1. The van der Waals surface area contributed by atoms with Crippen LogP contribution in [0.1, 0.15) is 26.7 Å². The van der Waals surface area contributed by atoms with E-state index in [0.29, 0.717) is 12.3 Å². The maximum absolute atomic E-state index is 8.87. The van der Waals surface area contributed by atoms with Gasteiger partial charge in [-0.2, -0.15) is 5.26 Å². The van der Waals surface area contributed by atoms with E-state index in [1.165, 1.54) is 0 Å². The third-order valence-corrected chi connectivity index (χ3v) is 4.09. The summed E-state index contributed by atoms with van der Waals surface area (Å²) in [4.78, 5) is 2.36. The average Bonchev–Trinajstić information content (AvgIpc) is 2.55. The molecule has 17 heavy (non-hydrogen) atoms. The molecule has 0 aliphatic carbocycles. The number of rotatable bonds is 2. The lowest BCUT2D eigenvalue weighted by atomic mass is 9.86. The molecule has 90 valence electrons. The summed E-state index contributed by atoms with van der Waals surface area (Å²) in [5, 5.41) is 9.64. The third-order valence-electron chi connectivity index (χ3n) is 3.85. The Bertz CT molecular complexity index is 448. The number of nitriles is 1. The van der Waals surface area contributed by atoms with Gasteiger partial charge in [-0.15, -0.1) is 0 Å². The number of benzene rings is 1. The summed E-state index contributed by atoms with van der Waals surface area (Å²) in [7, 11) is 0. The minimum absolute atomic E-state index is 0.0282. The molecule has 1 atom stereocenters. The van der Waals surface area contributed by atoms with Gasteiger partial charge in [-0.3, -0.25) is 0 Å². The highest BCUT2D eigenvalue weighted by Gasteiger charge is 2.40. The van der Waals surface area contributed by atoms with Gasteiger partial charge < -0.3 is 4.90 Å². The minimum atomic E-state index is 0.0282. The van der Waals surface area contributed by atoms with Crippen LogP contribution in [0.3, 0.4) is 0 Å². The summed E-state index contributed by atoms with van der Waals surface area (Å²) in [6, 6.07) is 10.2. The zero-order valence-corrected chi connectivity index (χ0v) is 11.0. The molecule has 1 aliphatic heterocycles. The maximum Gasteiger partial charge on any atom is 0.0625 e. The molecule has 0 bridgehead atoms. The van der Waals surface area contributed by atoms with Crippen LogP contribution in [0.25, 0.3) is 0 Å². The predicted molar refractivity (Wildman–Crippen MR) is 71.2 cm³/mol. The highest BCUT2D eigenvalue weighted by molar-refractivity contribution is 6.30.